The molecule has 0 rings (SSSR count). The molecule has 0 saturated carbocycles. The molecule has 4 heteroatoms. The van der Waals surface area contributed by atoms with Gasteiger partial charge in [0.05, 0.1) is 6.61 Å². The number of rotatable bonds is 6. The Labute approximate surface area is 59.7 Å². The standard InChI is InChI=1S/C6H12O4/c1-2-9-4-3-6(7)5-10-8/h8H,2-5H2,1H3. The summed E-state index contributed by atoms with van der Waals surface area (Å²) in [4.78, 5) is 14.2. The molecule has 0 radical (unpaired) electrons. The second-order valence-corrected chi connectivity index (χ2v) is 1.76. The Kier molecular flexibility index (Phi) is 6.37. The highest BCUT2D eigenvalue weighted by atomic mass is 17.1. The second-order valence-electron chi connectivity index (χ2n) is 1.76. The van der Waals surface area contributed by atoms with Crippen LogP contribution in [0.25, 0.3) is 0 Å². The van der Waals surface area contributed by atoms with Crippen LogP contribution in [-0.4, -0.2) is 30.9 Å². The molecule has 0 aliphatic heterocycles. The van der Waals surface area contributed by atoms with E-state index in [1.54, 1.807) is 0 Å². The van der Waals surface area contributed by atoms with E-state index in [9.17, 15) is 4.79 Å². The molecule has 1 N–H and O–H groups in total. The van der Waals surface area contributed by atoms with Crippen LogP contribution in [0.4, 0.5) is 0 Å². The van der Waals surface area contributed by atoms with Crippen LogP contribution in [0, 0.1) is 0 Å². The summed E-state index contributed by atoms with van der Waals surface area (Å²) in [5.74, 6) is -0.157. The van der Waals surface area contributed by atoms with Crippen molar-refractivity contribution in [3.8, 4) is 0 Å². The molecule has 0 aromatic carbocycles. The van der Waals surface area contributed by atoms with Crippen molar-refractivity contribution in [3.63, 3.8) is 0 Å². The largest absolute Gasteiger partial charge is 0.381 e. The van der Waals surface area contributed by atoms with Crippen molar-refractivity contribution in [1.29, 1.82) is 0 Å². The molecule has 0 atom stereocenters. The first-order valence-corrected chi connectivity index (χ1v) is 3.17. The third-order valence-electron chi connectivity index (χ3n) is 0.955. The normalized spacial score (nSPS) is 9.80. The highest BCUT2D eigenvalue weighted by Crippen LogP contribution is 1.85. The number of hydrogen-bond acceptors (Lipinski definition) is 4. The molecule has 0 spiro atoms. The maximum absolute atomic E-state index is 10.6. The fourth-order valence-corrected chi connectivity index (χ4v) is 0.475. The smallest absolute Gasteiger partial charge is 0.164 e. The Hall–Kier alpha value is -0.450. The van der Waals surface area contributed by atoms with E-state index < -0.39 is 0 Å². The Morgan fingerprint density at radius 2 is 2.30 bits per heavy atom. The van der Waals surface area contributed by atoms with E-state index in [1.165, 1.54) is 0 Å². The van der Waals surface area contributed by atoms with Gasteiger partial charge in [0.2, 0.25) is 0 Å². The van der Waals surface area contributed by atoms with Crippen molar-refractivity contribution < 1.29 is 19.7 Å². The summed E-state index contributed by atoms with van der Waals surface area (Å²) in [5.41, 5.74) is 0. The van der Waals surface area contributed by atoms with Crippen molar-refractivity contribution in [3.05, 3.63) is 0 Å². The third kappa shape index (κ3) is 5.68. The van der Waals surface area contributed by atoms with Crippen molar-refractivity contribution in [2.75, 3.05) is 19.8 Å². The molecule has 0 saturated heterocycles. The van der Waals surface area contributed by atoms with Gasteiger partial charge in [-0.05, 0) is 6.92 Å². The lowest BCUT2D eigenvalue weighted by Crippen LogP contribution is -2.09. The summed E-state index contributed by atoms with van der Waals surface area (Å²) in [7, 11) is 0. The molecule has 10 heavy (non-hydrogen) atoms. The molecule has 0 fully saturated rings. The van der Waals surface area contributed by atoms with Gasteiger partial charge in [-0.2, -0.15) is 0 Å². The van der Waals surface area contributed by atoms with Crippen molar-refractivity contribution in [1.82, 2.24) is 0 Å². The number of hydrogen-bond donors (Lipinski definition) is 1. The lowest BCUT2D eigenvalue weighted by atomic mass is 10.3. The van der Waals surface area contributed by atoms with Crippen LogP contribution >= 0.6 is 0 Å². The zero-order valence-corrected chi connectivity index (χ0v) is 6.00. The Bertz CT molecular complexity index is 91.7. The first kappa shape index (κ1) is 9.55. The van der Waals surface area contributed by atoms with Gasteiger partial charge in [0.1, 0.15) is 6.61 Å². The van der Waals surface area contributed by atoms with E-state index in [4.69, 9.17) is 9.99 Å². The van der Waals surface area contributed by atoms with Crippen LogP contribution in [0.15, 0.2) is 0 Å². The van der Waals surface area contributed by atoms with Crippen LogP contribution in [-0.2, 0) is 14.4 Å². The number of ketones is 1. The van der Waals surface area contributed by atoms with Gasteiger partial charge in [0.25, 0.3) is 0 Å². The molecule has 0 unspecified atom stereocenters. The third-order valence-corrected chi connectivity index (χ3v) is 0.955. The second kappa shape index (κ2) is 6.67. The molecular weight excluding hydrogens is 136 g/mol. The number of carbonyl (C=O) groups excluding carboxylic acids is 1. The zero-order chi connectivity index (χ0) is 7.82. The minimum Gasteiger partial charge on any atom is -0.381 e. The predicted octanol–water partition coefficient (Wildman–Crippen LogP) is 0.472. The highest BCUT2D eigenvalue weighted by Gasteiger charge is 1.99. The molecule has 0 aliphatic rings. The zero-order valence-electron chi connectivity index (χ0n) is 6.00. The van der Waals surface area contributed by atoms with E-state index in [2.05, 4.69) is 4.89 Å². The summed E-state index contributed by atoms with van der Waals surface area (Å²) in [6, 6.07) is 0. The fraction of sp³-hybridized carbons (Fsp3) is 0.833. The SMILES string of the molecule is CCOCCC(=O)COO. The molecule has 4 nitrogen and oxygen atoms in total. The van der Waals surface area contributed by atoms with E-state index >= 15 is 0 Å². The lowest BCUT2D eigenvalue weighted by Gasteiger charge is -1.97. The summed E-state index contributed by atoms with van der Waals surface area (Å²) < 4.78 is 4.89. The first-order valence-electron chi connectivity index (χ1n) is 3.17. The number of ether oxygens (including phenoxy) is 1. The summed E-state index contributed by atoms with van der Waals surface area (Å²) in [6.45, 7) is 2.62. The number of Topliss-reactive ketones (excluding diaryl/α,β-unsaturated/α-hetero) is 1. The van der Waals surface area contributed by atoms with Gasteiger partial charge in [0, 0.05) is 13.0 Å². The first-order chi connectivity index (χ1) is 4.81. The maximum Gasteiger partial charge on any atom is 0.164 e. The van der Waals surface area contributed by atoms with Gasteiger partial charge in [-0.15, -0.1) is 0 Å². The van der Waals surface area contributed by atoms with Crippen LogP contribution in [0.5, 0.6) is 0 Å². The van der Waals surface area contributed by atoms with Gasteiger partial charge in [0.15, 0.2) is 5.78 Å². The summed E-state index contributed by atoms with van der Waals surface area (Å²) >= 11 is 0. The number of carbonyl (C=O) groups is 1. The van der Waals surface area contributed by atoms with E-state index in [1.807, 2.05) is 6.92 Å². The maximum atomic E-state index is 10.6. The van der Waals surface area contributed by atoms with Crippen molar-refractivity contribution in [2.45, 2.75) is 13.3 Å². The van der Waals surface area contributed by atoms with Crippen molar-refractivity contribution in [2.24, 2.45) is 0 Å². The average Bonchev–Trinajstić information content (AvgIpc) is 1.89. The van der Waals surface area contributed by atoms with Crippen LogP contribution in [0.2, 0.25) is 0 Å². The Morgan fingerprint density at radius 3 is 2.80 bits per heavy atom. The predicted molar refractivity (Wildman–Crippen MR) is 34.7 cm³/mol. The molecule has 0 aromatic rings. The van der Waals surface area contributed by atoms with Gasteiger partial charge in [-0.3, -0.25) is 10.1 Å². The minimum absolute atomic E-state index is 0.157. The monoisotopic (exact) mass is 148 g/mol. The highest BCUT2D eigenvalue weighted by molar-refractivity contribution is 5.79. The molecule has 0 heterocycles. The van der Waals surface area contributed by atoms with Gasteiger partial charge in [-0.25, -0.2) is 4.89 Å². The molecule has 60 valence electrons. The lowest BCUT2D eigenvalue weighted by molar-refractivity contribution is -0.238. The van der Waals surface area contributed by atoms with E-state index in [-0.39, 0.29) is 12.4 Å². The quantitative estimate of drug-likeness (QED) is 0.338. The van der Waals surface area contributed by atoms with Crippen LogP contribution in [0.3, 0.4) is 0 Å². The fourth-order valence-electron chi connectivity index (χ4n) is 0.475. The van der Waals surface area contributed by atoms with E-state index in [0.29, 0.717) is 19.6 Å². The van der Waals surface area contributed by atoms with Crippen molar-refractivity contribution >= 4 is 5.78 Å². The summed E-state index contributed by atoms with van der Waals surface area (Å²) in [6.07, 6.45) is 0.300. The van der Waals surface area contributed by atoms with Gasteiger partial charge in [-0.1, -0.05) is 0 Å². The average molecular weight is 148 g/mol. The van der Waals surface area contributed by atoms with Gasteiger partial charge < -0.3 is 4.74 Å². The molecule has 0 aliphatic carbocycles. The minimum atomic E-state index is -0.243. The molecule has 0 bridgehead atoms. The molecular formula is C6H12O4. The van der Waals surface area contributed by atoms with E-state index in [0.717, 1.165) is 0 Å². The van der Waals surface area contributed by atoms with Crippen LogP contribution in [0.1, 0.15) is 13.3 Å². The van der Waals surface area contributed by atoms with Crippen LogP contribution < -0.4 is 0 Å². The molecule has 0 amide bonds. The molecule has 0 aromatic heterocycles. The summed E-state index contributed by atoms with van der Waals surface area (Å²) in [5, 5.41) is 7.83. The Morgan fingerprint density at radius 1 is 1.60 bits per heavy atom. The topological polar surface area (TPSA) is 55.8 Å². The van der Waals surface area contributed by atoms with Gasteiger partial charge >= 0.3 is 0 Å². The Balaban J connectivity index is 3.05.